The van der Waals surface area contributed by atoms with Crippen molar-refractivity contribution in [2.24, 2.45) is 5.73 Å². The third kappa shape index (κ3) is 4.03. The molecule has 1 aliphatic rings. The monoisotopic (exact) mass is 322 g/mol. The van der Waals surface area contributed by atoms with E-state index in [1.165, 1.54) is 7.11 Å². The molecule has 2 N–H and O–H groups in total. The average Bonchev–Trinajstić information content (AvgIpc) is 2.45. The van der Waals surface area contributed by atoms with Gasteiger partial charge in [-0.15, -0.1) is 0 Å². The van der Waals surface area contributed by atoms with Gasteiger partial charge in [-0.3, -0.25) is 9.36 Å². The van der Waals surface area contributed by atoms with Gasteiger partial charge in [0.25, 0.3) is 5.91 Å². The minimum Gasteiger partial charge on any atom is -0.351 e. The molecule has 1 amide bonds. The van der Waals surface area contributed by atoms with E-state index in [1.807, 2.05) is 0 Å². The van der Waals surface area contributed by atoms with Crippen molar-refractivity contribution in [2.75, 3.05) is 54.1 Å². The molecule has 124 valence electrons. The van der Waals surface area contributed by atoms with Gasteiger partial charge < -0.3 is 19.9 Å². The summed E-state index contributed by atoms with van der Waals surface area (Å²) < 4.78 is 26.6. The van der Waals surface area contributed by atoms with Gasteiger partial charge in [-0.25, -0.2) is 9.34 Å². The molecule has 1 saturated heterocycles. The van der Waals surface area contributed by atoms with Crippen LogP contribution in [0, 0.1) is 0 Å². The summed E-state index contributed by atoms with van der Waals surface area (Å²) in [5.41, 5.74) is 4.41. The number of rotatable bonds is 6. The van der Waals surface area contributed by atoms with Crippen LogP contribution in [0.1, 0.15) is 13.8 Å². The zero-order valence-corrected chi connectivity index (χ0v) is 14.4. The van der Waals surface area contributed by atoms with Crippen LogP contribution >= 0.6 is 7.67 Å². The second-order valence-electron chi connectivity index (χ2n) is 5.59. The molecular formula is C12H27N4O4P. The highest BCUT2D eigenvalue weighted by Crippen LogP contribution is 2.51. The first-order valence-corrected chi connectivity index (χ1v) is 8.44. The number of amides is 1. The molecule has 0 aliphatic carbocycles. The van der Waals surface area contributed by atoms with Crippen LogP contribution in [0.15, 0.2) is 0 Å². The Hall–Kier alpha value is -0.500. The van der Waals surface area contributed by atoms with E-state index in [2.05, 4.69) is 0 Å². The zero-order chi connectivity index (χ0) is 16.3. The fraction of sp³-hybridized carbons (Fsp3) is 0.917. The van der Waals surface area contributed by atoms with E-state index in [0.717, 1.165) is 0 Å². The highest BCUT2D eigenvalue weighted by molar-refractivity contribution is 7.53. The molecule has 1 aliphatic heterocycles. The summed E-state index contributed by atoms with van der Waals surface area (Å²) in [6, 6.07) is 0. The summed E-state index contributed by atoms with van der Waals surface area (Å²) >= 11 is 0. The molecule has 1 heterocycles. The minimum atomic E-state index is -2.98. The first-order valence-electron chi connectivity index (χ1n) is 6.91. The van der Waals surface area contributed by atoms with Gasteiger partial charge in [0.15, 0.2) is 0 Å². The van der Waals surface area contributed by atoms with Crippen molar-refractivity contribution in [1.29, 1.82) is 0 Å². The van der Waals surface area contributed by atoms with Gasteiger partial charge in [0, 0.05) is 33.3 Å². The van der Waals surface area contributed by atoms with Crippen LogP contribution in [0.2, 0.25) is 0 Å². The number of carbonyl (C=O) groups excluding carboxylic acids is 1. The Kier molecular flexibility index (Phi) is 6.34. The van der Waals surface area contributed by atoms with Crippen LogP contribution in [-0.2, 0) is 18.6 Å². The first kappa shape index (κ1) is 18.5. The van der Waals surface area contributed by atoms with Gasteiger partial charge in [-0.05, 0) is 27.9 Å². The Morgan fingerprint density at radius 3 is 2.19 bits per heavy atom. The molecule has 1 atom stereocenters. The van der Waals surface area contributed by atoms with E-state index in [4.69, 9.17) is 15.0 Å². The molecular weight excluding hydrogens is 295 g/mol. The number of piperazine rings is 1. The van der Waals surface area contributed by atoms with Gasteiger partial charge in [-0.1, -0.05) is 0 Å². The molecule has 0 saturated carbocycles. The second kappa shape index (κ2) is 7.17. The van der Waals surface area contributed by atoms with E-state index < -0.39 is 13.3 Å². The van der Waals surface area contributed by atoms with E-state index in [1.54, 1.807) is 42.2 Å². The smallest absolute Gasteiger partial charge is 0.345 e. The number of ether oxygens (including phenoxy) is 1. The Morgan fingerprint density at radius 1 is 1.29 bits per heavy atom. The van der Waals surface area contributed by atoms with Crippen molar-refractivity contribution in [1.82, 2.24) is 14.2 Å². The lowest BCUT2D eigenvalue weighted by atomic mass is 10.1. The molecule has 1 fully saturated rings. The van der Waals surface area contributed by atoms with Crippen LogP contribution < -0.4 is 5.73 Å². The van der Waals surface area contributed by atoms with E-state index in [9.17, 15) is 9.36 Å². The lowest BCUT2D eigenvalue weighted by molar-refractivity contribution is -0.155. The van der Waals surface area contributed by atoms with Crippen molar-refractivity contribution in [2.45, 2.75) is 19.4 Å². The third-order valence-electron chi connectivity index (χ3n) is 3.60. The predicted octanol–water partition coefficient (Wildman–Crippen LogP) is 0.158. The van der Waals surface area contributed by atoms with Gasteiger partial charge in [-0.2, -0.15) is 0 Å². The largest absolute Gasteiger partial charge is 0.351 e. The maximum Gasteiger partial charge on any atom is 0.345 e. The maximum atomic E-state index is 12.7. The molecule has 1 rings (SSSR count). The molecule has 21 heavy (non-hydrogen) atoms. The molecule has 0 bridgehead atoms. The second-order valence-corrected chi connectivity index (χ2v) is 8.30. The van der Waals surface area contributed by atoms with E-state index in [-0.39, 0.29) is 12.6 Å². The fourth-order valence-corrected chi connectivity index (χ4v) is 4.08. The number of nitrogens with two attached hydrogens (primary N) is 1. The highest BCUT2D eigenvalue weighted by Gasteiger charge is 2.39. The summed E-state index contributed by atoms with van der Waals surface area (Å²) in [5.74, 6) is -0.107. The van der Waals surface area contributed by atoms with Crippen LogP contribution in [0.5, 0.6) is 0 Å². The van der Waals surface area contributed by atoms with Crippen LogP contribution in [0.25, 0.3) is 0 Å². The molecule has 0 radical (unpaired) electrons. The van der Waals surface area contributed by atoms with Crippen molar-refractivity contribution in [3.63, 3.8) is 0 Å². The summed E-state index contributed by atoms with van der Waals surface area (Å²) in [5, 5.41) is 0. The SMILES string of the molecule is COP(=O)(N(C)C)N1CCN(C(=O)C(C)(C)OCN)CC1. The molecule has 0 aromatic heterocycles. The molecule has 1 unspecified atom stereocenters. The Balaban J connectivity index is 2.68. The zero-order valence-electron chi connectivity index (χ0n) is 13.5. The summed E-state index contributed by atoms with van der Waals surface area (Å²) in [4.78, 5) is 14.1. The predicted molar refractivity (Wildman–Crippen MR) is 80.7 cm³/mol. The number of carbonyl (C=O) groups is 1. The maximum absolute atomic E-state index is 12.7. The number of hydrogen-bond donors (Lipinski definition) is 1. The van der Waals surface area contributed by atoms with Gasteiger partial charge >= 0.3 is 7.67 Å². The van der Waals surface area contributed by atoms with Crippen molar-refractivity contribution in [3.05, 3.63) is 0 Å². The van der Waals surface area contributed by atoms with Gasteiger partial charge in [0.05, 0.1) is 6.73 Å². The quantitative estimate of drug-likeness (QED) is 0.550. The van der Waals surface area contributed by atoms with Crippen molar-refractivity contribution >= 4 is 13.6 Å². The van der Waals surface area contributed by atoms with Gasteiger partial charge in [0.1, 0.15) is 5.60 Å². The standard InChI is InChI=1S/C12H27N4O4P/c1-12(2,20-10-13)11(17)15-6-8-16(9-7-15)21(18,19-5)14(3)4/h6-10,13H2,1-5H3. The molecule has 0 spiro atoms. The van der Waals surface area contributed by atoms with Crippen molar-refractivity contribution < 1.29 is 18.6 Å². The third-order valence-corrected chi connectivity index (χ3v) is 6.20. The minimum absolute atomic E-state index is 0.00177. The summed E-state index contributed by atoms with van der Waals surface area (Å²) in [6.45, 7) is 5.36. The number of hydrogen-bond acceptors (Lipinski definition) is 5. The normalized spacial score (nSPS) is 20.6. The van der Waals surface area contributed by atoms with Crippen LogP contribution in [0.4, 0.5) is 0 Å². The first-order chi connectivity index (χ1) is 9.69. The molecule has 9 heteroatoms. The molecule has 0 aromatic carbocycles. The fourth-order valence-electron chi connectivity index (χ4n) is 2.33. The Morgan fingerprint density at radius 2 is 1.81 bits per heavy atom. The van der Waals surface area contributed by atoms with E-state index in [0.29, 0.717) is 26.2 Å². The Bertz CT molecular complexity index is 408. The van der Waals surface area contributed by atoms with Crippen molar-refractivity contribution in [3.8, 4) is 0 Å². The number of nitrogens with zero attached hydrogens (tertiary/aromatic N) is 3. The summed E-state index contributed by atoms with van der Waals surface area (Å²) in [7, 11) is 1.91. The Labute approximate surface area is 126 Å². The lowest BCUT2D eigenvalue weighted by Gasteiger charge is -2.41. The highest BCUT2D eigenvalue weighted by atomic mass is 31.2. The van der Waals surface area contributed by atoms with E-state index >= 15 is 0 Å². The summed E-state index contributed by atoms with van der Waals surface area (Å²) in [6.07, 6.45) is 0. The van der Waals surface area contributed by atoms with Crippen LogP contribution in [0.3, 0.4) is 0 Å². The van der Waals surface area contributed by atoms with Gasteiger partial charge in [0.2, 0.25) is 0 Å². The topological polar surface area (TPSA) is 88.3 Å². The molecule has 8 nitrogen and oxygen atoms in total. The molecule has 0 aromatic rings. The van der Waals surface area contributed by atoms with Crippen LogP contribution in [-0.4, -0.2) is 79.9 Å². The average molecular weight is 322 g/mol. The lowest BCUT2D eigenvalue weighted by Crippen LogP contribution is -2.54.